The van der Waals surface area contributed by atoms with Crippen molar-refractivity contribution >= 4 is 11.6 Å². The zero-order chi connectivity index (χ0) is 18.9. The molecule has 0 aliphatic carbocycles. The molecule has 0 aromatic heterocycles. The zero-order valence-electron chi connectivity index (χ0n) is 15.5. The number of β-amino-alcohol motifs (C(OH)–C–C–N with tert-alkyl or cyclic N) is 1. The summed E-state index contributed by atoms with van der Waals surface area (Å²) in [5.74, 6) is 1.53. The number of nitrogens with zero attached hydrogens (tertiary/aromatic N) is 2. The minimum atomic E-state index is -0.486. The number of hydrogen-bond acceptors (Lipinski definition) is 5. The molecule has 0 bridgehead atoms. The Labute approximate surface area is 166 Å². The van der Waals surface area contributed by atoms with Crippen LogP contribution in [0.4, 0.5) is 0 Å². The van der Waals surface area contributed by atoms with Crippen molar-refractivity contribution in [2.45, 2.75) is 6.10 Å². The lowest BCUT2D eigenvalue weighted by Gasteiger charge is -2.35. The van der Waals surface area contributed by atoms with Gasteiger partial charge in [0.05, 0.1) is 5.02 Å². The minimum absolute atomic E-state index is 0.315. The fourth-order valence-electron chi connectivity index (χ4n) is 3.10. The fourth-order valence-corrected chi connectivity index (χ4v) is 3.29. The topological polar surface area (TPSA) is 45.2 Å². The van der Waals surface area contributed by atoms with E-state index in [9.17, 15) is 5.11 Å². The predicted molar refractivity (Wildman–Crippen MR) is 108 cm³/mol. The number of rotatable bonds is 9. The molecule has 27 heavy (non-hydrogen) atoms. The van der Waals surface area contributed by atoms with Crippen LogP contribution >= 0.6 is 11.6 Å². The summed E-state index contributed by atoms with van der Waals surface area (Å²) in [6.07, 6.45) is -0.486. The second-order valence-corrected chi connectivity index (χ2v) is 7.11. The first-order chi connectivity index (χ1) is 13.2. The Kier molecular flexibility index (Phi) is 7.78. The van der Waals surface area contributed by atoms with Gasteiger partial charge in [0, 0.05) is 39.3 Å². The molecule has 1 heterocycles. The van der Waals surface area contributed by atoms with Crippen molar-refractivity contribution in [2.24, 2.45) is 0 Å². The lowest BCUT2D eigenvalue weighted by molar-refractivity contribution is 0.0436. The van der Waals surface area contributed by atoms with Gasteiger partial charge in [0.1, 0.15) is 30.8 Å². The highest BCUT2D eigenvalue weighted by atomic mass is 35.5. The van der Waals surface area contributed by atoms with Gasteiger partial charge < -0.3 is 14.6 Å². The first kappa shape index (κ1) is 20.0. The maximum atomic E-state index is 10.2. The van der Waals surface area contributed by atoms with Crippen LogP contribution in [-0.4, -0.2) is 73.5 Å². The number of aliphatic hydroxyl groups is 1. The third kappa shape index (κ3) is 6.70. The molecule has 1 N–H and O–H groups in total. The van der Waals surface area contributed by atoms with E-state index in [0.29, 0.717) is 24.8 Å². The summed E-state index contributed by atoms with van der Waals surface area (Å²) in [6.45, 7) is 6.27. The van der Waals surface area contributed by atoms with Gasteiger partial charge in [-0.05, 0) is 24.3 Å². The molecule has 2 aromatic rings. The molecule has 1 fully saturated rings. The summed E-state index contributed by atoms with van der Waals surface area (Å²) < 4.78 is 11.4. The van der Waals surface area contributed by atoms with Gasteiger partial charge >= 0.3 is 0 Å². The lowest BCUT2D eigenvalue weighted by Crippen LogP contribution is -2.50. The van der Waals surface area contributed by atoms with Crippen molar-refractivity contribution in [3.05, 3.63) is 59.6 Å². The van der Waals surface area contributed by atoms with E-state index in [1.54, 1.807) is 0 Å². The molecule has 6 heteroatoms. The smallest absolute Gasteiger partial charge is 0.137 e. The van der Waals surface area contributed by atoms with Crippen LogP contribution < -0.4 is 9.47 Å². The van der Waals surface area contributed by atoms with E-state index in [2.05, 4.69) is 9.80 Å². The molecular formula is C21H27ClN2O3. The Hall–Kier alpha value is -1.79. The van der Waals surface area contributed by atoms with Crippen molar-refractivity contribution in [2.75, 3.05) is 52.5 Å². The van der Waals surface area contributed by atoms with E-state index < -0.39 is 6.10 Å². The number of aliphatic hydroxyl groups excluding tert-OH is 1. The van der Waals surface area contributed by atoms with Gasteiger partial charge in [-0.3, -0.25) is 9.80 Å². The molecule has 5 nitrogen and oxygen atoms in total. The van der Waals surface area contributed by atoms with Gasteiger partial charge in [0.2, 0.25) is 0 Å². The maximum Gasteiger partial charge on any atom is 0.137 e. The number of halogens is 1. The molecule has 0 saturated carbocycles. The normalized spacial score (nSPS) is 16.8. The van der Waals surface area contributed by atoms with Crippen molar-refractivity contribution in [3.63, 3.8) is 0 Å². The summed E-state index contributed by atoms with van der Waals surface area (Å²) in [4.78, 5) is 4.66. The second kappa shape index (κ2) is 10.5. The zero-order valence-corrected chi connectivity index (χ0v) is 16.2. The Bertz CT molecular complexity index is 678. The van der Waals surface area contributed by atoms with Gasteiger partial charge in [0.15, 0.2) is 0 Å². The largest absolute Gasteiger partial charge is 0.491 e. The maximum absolute atomic E-state index is 10.2. The molecule has 1 saturated heterocycles. The van der Waals surface area contributed by atoms with Crippen LogP contribution in [0.2, 0.25) is 5.02 Å². The summed E-state index contributed by atoms with van der Waals surface area (Å²) in [7, 11) is 0. The molecule has 1 aliphatic rings. The molecule has 2 aromatic carbocycles. The second-order valence-electron chi connectivity index (χ2n) is 6.70. The number of benzene rings is 2. The molecule has 0 radical (unpaired) electrons. The van der Waals surface area contributed by atoms with Gasteiger partial charge in [-0.1, -0.05) is 41.9 Å². The summed E-state index contributed by atoms with van der Waals surface area (Å²) in [6, 6.07) is 17.1. The average Bonchev–Trinajstić information content (AvgIpc) is 2.70. The van der Waals surface area contributed by atoms with Crippen LogP contribution in [0.15, 0.2) is 54.6 Å². The van der Waals surface area contributed by atoms with Gasteiger partial charge in [-0.25, -0.2) is 0 Å². The highest BCUT2D eigenvalue weighted by molar-refractivity contribution is 6.32. The quantitative estimate of drug-likeness (QED) is 0.713. The average molecular weight is 391 g/mol. The first-order valence-electron chi connectivity index (χ1n) is 9.38. The third-order valence-electron chi connectivity index (χ3n) is 4.62. The highest BCUT2D eigenvalue weighted by Crippen LogP contribution is 2.22. The number of para-hydroxylation sites is 2. The molecule has 3 rings (SSSR count). The molecule has 0 amide bonds. The number of ether oxygens (including phenoxy) is 2. The van der Waals surface area contributed by atoms with E-state index in [0.717, 1.165) is 44.2 Å². The minimum Gasteiger partial charge on any atom is -0.491 e. The van der Waals surface area contributed by atoms with E-state index in [1.165, 1.54) is 0 Å². The van der Waals surface area contributed by atoms with Crippen molar-refractivity contribution < 1.29 is 14.6 Å². The molecule has 1 unspecified atom stereocenters. The first-order valence-corrected chi connectivity index (χ1v) is 9.76. The summed E-state index contributed by atoms with van der Waals surface area (Å²) in [5, 5.41) is 10.9. The molecular weight excluding hydrogens is 364 g/mol. The van der Waals surface area contributed by atoms with Crippen LogP contribution in [0.3, 0.4) is 0 Å². The molecule has 1 atom stereocenters. The van der Waals surface area contributed by atoms with Crippen molar-refractivity contribution in [1.29, 1.82) is 0 Å². The monoisotopic (exact) mass is 390 g/mol. The predicted octanol–water partition coefficient (Wildman–Crippen LogP) is 2.78. The van der Waals surface area contributed by atoms with Crippen molar-refractivity contribution in [3.8, 4) is 11.5 Å². The SMILES string of the molecule is OC(COc1ccccc1)CN1CCN(CCOc2ccccc2Cl)CC1. The highest BCUT2D eigenvalue weighted by Gasteiger charge is 2.19. The van der Waals surface area contributed by atoms with Crippen LogP contribution in [0, 0.1) is 0 Å². The Morgan fingerprint density at radius 3 is 2.30 bits per heavy atom. The summed E-state index contributed by atoms with van der Waals surface area (Å²) >= 11 is 6.10. The van der Waals surface area contributed by atoms with Gasteiger partial charge in [-0.2, -0.15) is 0 Å². The van der Waals surface area contributed by atoms with Gasteiger partial charge in [-0.15, -0.1) is 0 Å². The third-order valence-corrected chi connectivity index (χ3v) is 4.93. The summed E-state index contributed by atoms with van der Waals surface area (Å²) in [5.41, 5.74) is 0. The Morgan fingerprint density at radius 1 is 0.889 bits per heavy atom. The molecule has 0 spiro atoms. The lowest BCUT2D eigenvalue weighted by atomic mass is 10.2. The molecule has 1 aliphatic heterocycles. The van der Waals surface area contributed by atoms with Crippen molar-refractivity contribution in [1.82, 2.24) is 9.80 Å². The van der Waals surface area contributed by atoms with Gasteiger partial charge in [0.25, 0.3) is 0 Å². The Morgan fingerprint density at radius 2 is 1.56 bits per heavy atom. The van der Waals surface area contributed by atoms with Crippen LogP contribution in [0.1, 0.15) is 0 Å². The molecule has 146 valence electrons. The standard InChI is InChI=1S/C21H27ClN2O3/c22-20-8-4-5-9-21(20)26-15-14-23-10-12-24(13-11-23)16-18(25)17-27-19-6-2-1-3-7-19/h1-9,18,25H,10-17H2. The van der Waals surface area contributed by atoms with E-state index in [4.69, 9.17) is 21.1 Å². The van der Waals surface area contributed by atoms with Crippen LogP contribution in [0.25, 0.3) is 0 Å². The Balaban J connectivity index is 1.30. The number of hydrogen-bond donors (Lipinski definition) is 1. The van der Waals surface area contributed by atoms with E-state index in [-0.39, 0.29) is 0 Å². The van der Waals surface area contributed by atoms with E-state index in [1.807, 2.05) is 54.6 Å². The van der Waals surface area contributed by atoms with E-state index >= 15 is 0 Å². The fraction of sp³-hybridized carbons (Fsp3) is 0.429. The van der Waals surface area contributed by atoms with Crippen LogP contribution in [0.5, 0.6) is 11.5 Å². The number of piperazine rings is 1. The van der Waals surface area contributed by atoms with Crippen LogP contribution in [-0.2, 0) is 0 Å².